The van der Waals surface area contributed by atoms with E-state index in [0.717, 1.165) is 12.8 Å². The summed E-state index contributed by atoms with van der Waals surface area (Å²) in [5.41, 5.74) is 7.58. The molecule has 2 fully saturated rings. The maximum absolute atomic E-state index is 12.4. The smallest absolute Gasteiger partial charge is 0.224 e. The lowest BCUT2D eigenvalue weighted by Gasteiger charge is -2.27. The summed E-state index contributed by atoms with van der Waals surface area (Å²) in [7, 11) is 0. The Hall–Kier alpha value is -1.10. The summed E-state index contributed by atoms with van der Waals surface area (Å²) in [4.78, 5) is 12.4. The summed E-state index contributed by atoms with van der Waals surface area (Å²) in [6, 6.07) is 8.54. The second-order valence-electron chi connectivity index (χ2n) is 6.73. The second-order valence-corrected chi connectivity index (χ2v) is 7.65. The van der Waals surface area contributed by atoms with Crippen LogP contribution in [0.15, 0.2) is 29.6 Å². The fourth-order valence-electron chi connectivity index (χ4n) is 4.39. The maximum Gasteiger partial charge on any atom is 0.224 e. The zero-order valence-corrected chi connectivity index (χ0v) is 14.7. The molecule has 2 saturated carbocycles. The Morgan fingerprint density at radius 2 is 2.04 bits per heavy atom. The summed E-state index contributed by atoms with van der Waals surface area (Å²) in [6.45, 7) is 0.708. The SMILES string of the molecule is Cl.NC1C2CCC(C2)C1C(=O)NCCc1csc2ccccc12. The van der Waals surface area contributed by atoms with Crippen molar-refractivity contribution in [1.29, 1.82) is 0 Å². The third-order valence-electron chi connectivity index (χ3n) is 5.54. The summed E-state index contributed by atoms with van der Waals surface area (Å²) >= 11 is 1.78. The largest absolute Gasteiger partial charge is 0.355 e. The van der Waals surface area contributed by atoms with Crippen molar-refractivity contribution in [2.75, 3.05) is 6.54 Å². The number of hydrogen-bond donors (Lipinski definition) is 2. The van der Waals surface area contributed by atoms with Crippen molar-refractivity contribution in [2.24, 2.45) is 23.5 Å². The van der Waals surface area contributed by atoms with Crippen molar-refractivity contribution in [2.45, 2.75) is 31.7 Å². The Balaban J connectivity index is 0.00000156. The minimum Gasteiger partial charge on any atom is -0.355 e. The van der Waals surface area contributed by atoms with Crippen LogP contribution in [0, 0.1) is 17.8 Å². The molecule has 23 heavy (non-hydrogen) atoms. The molecule has 4 atom stereocenters. The molecule has 124 valence electrons. The van der Waals surface area contributed by atoms with Gasteiger partial charge in [0.2, 0.25) is 5.91 Å². The van der Waals surface area contributed by atoms with Gasteiger partial charge in [0.05, 0.1) is 5.92 Å². The highest BCUT2D eigenvalue weighted by atomic mass is 35.5. The number of amides is 1. The van der Waals surface area contributed by atoms with Crippen LogP contribution in [0.3, 0.4) is 0 Å². The molecule has 0 aliphatic heterocycles. The van der Waals surface area contributed by atoms with Crippen molar-refractivity contribution < 1.29 is 4.79 Å². The van der Waals surface area contributed by atoms with Gasteiger partial charge in [-0.2, -0.15) is 0 Å². The maximum atomic E-state index is 12.4. The third-order valence-corrected chi connectivity index (χ3v) is 6.55. The molecule has 4 unspecified atom stereocenters. The Bertz CT molecular complexity index is 699. The third kappa shape index (κ3) is 3.00. The minimum atomic E-state index is 0. The highest BCUT2D eigenvalue weighted by molar-refractivity contribution is 7.17. The van der Waals surface area contributed by atoms with E-state index < -0.39 is 0 Å². The molecule has 0 spiro atoms. The predicted octanol–water partition coefficient (Wildman–Crippen LogP) is 3.36. The van der Waals surface area contributed by atoms with E-state index in [1.807, 2.05) is 0 Å². The van der Waals surface area contributed by atoms with E-state index in [0.29, 0.717) is 18.4 Å². The second kappa shape index (κ2) is 6.80. The number of halogens is 1. The number of nitrogens with two attached hydrogens (primary N) is 1. The fourth-order valence-corrected chi connectivity index (χ4v) is 5.39. The van der Waals surface area contributed by atoms with Gasteiger partial charge in [-0.05, 0) is 59.9 Å². The van der Waals surface area contributed by atoms with Crippen molar-refractivity contribution in [3.8, 4) is 0 Å². The first-order chi connectivity index (χ1) is 10.7. The molecule has 2 aliphatic carbocycles. The fraction of sp³-hybridized carbons (Fsp3) is 0.500. The van der Waals surface area contributed by atoms with E-state index in [2.05, 4.69) is 35.0 Å². The van der Waals surface area contributed by atoms with Crippen LogP contribution in [0.5, 0.6) is 0 Å². The molecule has 1 aromatic carbocycles. The number of rotatable bonds is 4. The first-order valence-corrected chi connectivity index (χ1v) is 9.10. The number of carbonyl (C=O) groups excluding carboxylic acids is 1. The van der Waals surface area contributed by atoms with E-state index in [4.69, 9.17) is 5.73 Å². The number of benzene rings is 1. The molecular formula is C18H23ClN2OS. The lowest BCUT2D eigenvalue weighted by molar-refractivity contribution is -0.127. The van der Waals surface area contributed by atoms with Gasteiger partial charge in [-0.25, -0.2) is 0 Å². The molecule has 4 rings (SSSR count). The van der Waals surface area contributed by atoms with Crippen LogP contribution in [-0.2, 0) is 11.2 Å². The minimum absolute atomic E-state index is 0. The van der Waals surface area contributed by atoms with Gasteiger partial charge in [0.15, 0.2) is 0 Å². The van der Waals surface area contributed by atoms with Crippen LogP contribution in [0.1, 0.15) is 24.8 Å². The van der Waals surface area contributed by atoms with E-state index in [9.17, 15) is 4.79 Å². The van der Waals surface area contributed by atoms with Gasteiger partial charge in [0.25, 0.3) is 0 Å². The Kier molecular flexibility index (Phi) is 4.95. The summed E-state index contributed by atoms with van der Waals surface area (Å²) in [5, 5.41) is 6.65. The topological polar surface area (TPSA) is 55.1 Å². The van der Waals surface area contributed by atoms with Crippen molar-refractivity contribution in [3.63, 3.8) is 0 Å². The first-order valence-electron chi connectivity index (χ1n) is 8.22. The number of thiophene rings is 1. The average Bonchev–Trinajstić information content (AvgIpc) is 3.22. The van der Waals surface area contributed by atoms with Crippen molar-refractivity contribution in [3.05, 3.63) is 35.2 Å². The van der Waals surface area contributed by atoms with Gasteiger partial charge in [0, 0.05) is 17.3 Å². The summed E-state index contributed by atoms with van der Waals surface area (Å²) < 4.78 is 1.32. The van der Waals surface area contributed by atoms with Gasteiger partial charge in [-0.3, -0.25) is 4.79 Å². The molecule has 2 bridgehead atoms. The first kappa shape index (κ1) is 16.7. The molecule has 5 heteroatoms. The zero-order chi connectivity index (χ0) is 15.1. The van der Waals surface area contributed by atoms with Crippen LogP contribution in [-0.4, -0.2) is 18.5 Å². The quantitative estimate of drug-likeness (QED) is 0.888. The van der Waals surface area contributed by atoms with Crippen molar-refractivity contribution in [1.82, 2.24) is 5.32 Å². The lowest BCUT2D eigenvalue weighted by atomic mass is 9.84. The molecule has 1 amide bonds. The van der Waals surface area contributed by atoms with E-state index in [1.54, 1.807) is 11.3 Å². The van der Waals surface area contributed by atoms with Gasteiger partial charge >= 0.3 is 0 Å². The van der Waals surface area contributed by atoms with E-state index >= 15 is 0 Å². The molecule has 3 N–H and O–H groups in total. The molecule has 3 nitrogen and oxygen atoms in total. The number of fused-ring (bicyclic) bond motifs is 3. The Labute approximate surface area is 147 Å². The zero-order valence-electron chi connectivity index (χ0n) is 13.0. The normalized spacial score (nSPS) is 28.7. The van der Waals surface area contributed by atoms with Crippen molar-refractivity contribution >= 4 is 39.7 Å². The van der Waals surface area contributed by atoms with Gasteiger partial charge in [-0.15, -0.1) is 23.7 Å². The standard InChI is InChI=1S/C18H22N2OS.ClH/c19-17-12-6-5-11(9-12)16(17)18(21)20-8-7-13-10-22-15-4-2-1-3-14(13)15;/h1-4,10-12,16-17H,5-9,19H2,(H,20,21);1H. The summed E-state index contributed by atoms with van der Waals surface area (Å²) in [6.07, 6.45) is 4.46. The van der Waals surface area contributed by atoms with E-state index in [1.165, 1.54) is 28.5 Å². The molecule has 2 aliphatic rings. The van der Waals surface area contributed by atoms with Gasteiger partial charge in [0.1, 0.15) is 0 Å². The highest BCUT2D eigenvalue weighted by Gasteiger charge is 2.48. The molecule has 0 saturated heterocycles. The predicted molar refractivity (Wildman–Crippen MR) is 98.1 cm³/mol. The van der Waals surface area contributed by atoms with Crippen LogP contribution >= 0.6 is 23.7 Å². The highest BCUT2D eigenvalue weighted by Crippen LogP contribution is 2.47. The average molecular weight is 351 g/mol. The monoisotopic (exact) mass is 350 g/mol. The number of hydrogen-bond acceptors (Lipinski definition) is 3. The van der Waals surface area contributed by atoms with Gasteiger partial charge < -0.3 is 11.1 Å². The molecule has 2 aromatic rings. The molecule has 1 heterocycles. The Morgan fingerprint density at radius 3 is 2.83 bits per heavy atom. The molecular weight excluding hydrogens is 328 g/mol. The number of carbonyl (C=O) groups is 1. The van der Waals surface area contributed by atoms with Crippen LogP contribution in [0.2, 0.25) is 0 Å². The number of nitrogens with one attached hydrogen (secondary N) is 1. The lowest BCUT2D eigenvalue weighted by Crippen LogP contribution is -2.45. The van der Waals surface area contributed by atoms with Gasteiger partial charge in [-0.1, -0.05) is 18.2 Å². The summed E-state index contributed by atoms with van der Waals surface area (Å²) in [5.74, 6) is 1.35. The van der Waals surface area contributed by atoms with Crippen LogP contribution < -0.4 is 11.1 Å². The molecule has 1 aromatic heterocycles. The van der Waals surface area contributed by atoms with E-state index in [-0.39, 0.29) is 30.3 Å². The van der Waals surface area contributed by atoms with Crippen LogP contribution in [0.25, 0.3) is 10.1 Å². The molecule has 0 radical (unpaired) electrons. The van der Waals surface area contributed by atoms with Crippen LogP contribution in [0.4, 0.5) is 0 Å². The Morgan fingerprint density at radius 1 is 1.26 bits per heavy atom.